The summed E-state index contributed by atoms with van der Waals surface area (Å²) in [7, 11) is -3.73. The molecule has 0 saturated carbocycles. The zero-order valence-electron chi connectivity index (χ0n) is 14.2. The summed E-state index contributed by atoms with van der Waals surface area (Å²) < 4.78 is 32.1. The van der Waals surface area contributed by atoms with Crippen LogP contribution in [0.1, 0.15) is 20.3 Å². The zero-order valence-corrected chi connectivity index (χ0v) is 16.6. The molecule has 0 aromatic heterocycles. The molecule has 1 fully saturated rings. The second kappa shape index (κ2) is 8.68. The van der Waals surface area contributed by atoms with Gasteiger partial charge in [-0.1, -0.05) is 30.1 Å². The van der Waals surface area contributed by atoms with Gasteiger partial charge < -0.3 is 4.74 Å². The maximum atomic E-state index is 12.8. The average Bonchev–Trinajstić information content (AvgIpc) is 2.58. The van der Waals surface area contributed by atoms with Gasteiger partial charge in [0.05, 0.1) is 11.6 Å². The number of ether oxygens (including phenoxy) is 1. The first-order valence-corrected chi connectivity index (χ1v) is 10.4. The van der Waals surface area contributed by atoms with E-state index >= 15 is 0 Å². The minimum atomic E-state index is -3.73. The maximum absolute atomic E-state index is 12.8. The molecule has 1 aliphatic heterocycles. The lowest BCUT2D eigenvalue weighted by Crippen LogP contribution is -2.54. The normalized spacial score (nSPS) is 18.1. The number of sulfonamides is 1. The Morgan fingerprint density at radius 1 is 1.20 bits per heavy atom. The van der Waals surface area contributed by atoms with Crippen LogP contribution in [0.25, 0.3) is 0 Å². The highest BCUT2D eigenvalue weighted by Crippen LogP contribution is 2.28. The van der Waals surface area contributed by atoms with E-state index in [1.54, 1.807) is 13.0 Å². The van der Waals surface area contributed by atoms with Crippen LogP contribution in [0.3, 0.4) is 0 Å². The van der Waals surface area contributed by atoms with Gasteiger partial charge in [0, 0.05) is 31.2 Å². The Hall–Kier alpha value is -0.860. The SMILES string of the molecule is CCOC(=O)C(CC)N1CCN(S(=O)(=O)c2cc(Cl)ccc2Cl)CC1. The first-order chi connectivity index (χ1) is 11.8. The fourth-order valence-electron chi connectivity index (χ4n) is 2.88. The molecule has 1 aromatic rings. The maximum Gasteiger partial charge on any atom is 0.323 e. The number of piperazine rings is 1. The van der Waals surface area contributed by atoms with Crippen molar-refractivity contribution in [3.8, 4) is 0 Å². The smallest absolute Gasteiger partial charge is 0.323 e. The molecule has 0 aliphatic carbocycles. The summed E-state index contributed by atoms with van der Waals surface area (Å²) in [5, 5.41) is 0.458. The fourth-order valence-corrected chi connectivity index (χ4v) is 5.04. The number of nitrogens with zero attached hydrogens (tertiary/aromatic N) is 2. The summed E-state index contributed by atoms with van der Waals surface area (Å²) in [5.41, 5.74) is 0. The molecule has 140 valence electrons. The highest BCUT2D eigenvalue weighted by molar-refractivity contribution is 7.89. The molecule has 1 saturated heterocycles. The summed E-state index contributed by atoms with van der Waals surface area (Å²) in [6.45, 7) is 5.48. The van der Waals surface area contributed by atoms with Crippen molar-refractivity contribution in [1.29, 1.82) is 0 Å². The van der Waals surface area contributed by atoms with Crippen molar-refractivity contribution < 1.29 is 17.9 Å². The third kappa shape index (κ3) is 4.65. The molecule has 2 rings (SSSR count). The molecule has 0 bridgehead atoms. The van der Waals surface area contributed by atoms with E-state index in [2.05, 4.69) is 0 Å². The lowest BCUT2D eigenvalue weighted by molar-refractivity contribution is -0.150. The van der Waals surface area contributed by atoms with Crippen LogP contribution in [0, 0.1) is 0 Å². The molecule has 0 radical (unpaired) electrons. The van der Waals surface area contributed by atoms with E-state index in [0.717, 1.165) is 0 Å². The Morgan fingerprint density at radius 2 is 1.84 bits per heavy atom. The molecule has 0 amide bonds. The third-order valence-electron chi connectivity index (χ3n) is 4.17. The second-order valence-electron chi connectivity index (χ2n) is 5.69. The molecular formula is C16H22Cl2N2O4S. The summed E-state index contributed by atoms with van der Waals surface area (Å²) in [6.07, 6.45) is 0.617. The van der Waals surface area contributed by atoms with Crippen molar-refractivity contribution in [3.63, 3.8) is 0 Å². The first-order valence-electron chi connectivity index (χ1n) is 8.17. The molecule has 1 unspecified atom stereocenters. The van der Waals surface area contributed by atoms with Crippen LogP contribution in [0.2, 0.25) is 10.0 Å². The van der Waals surface area contributed by atoms with Gasteiger partial charge >= 0.3 is 5.97 Å². The quantitative estimate of drug-likeness (QED) is 0.676. The van der Waals surface area contributed by atoms with Gasteiger partial charge in [0.25, 0.3) is 0 Å². The van der Waals surface area contributed by atoms with Gasteiger partial charge in [-0.25, -0.2) is 8.42 Å². The van der Waals surface area contributed by atoms with E-state index in [0.29, 0.717) is 31.1 Å². The Bertz CT molecular complexity index is 719. The molecule has 9 heteroatoms. The summed E-state index contributed by atoms with van der Waals surface area (Å²) in [6, 6.07) is 4.03. The Labute approximate surface area is 158 Å². The number of rotatable bonds is 6. The van der Waals surface area contributed by atoms with Gasteiger partial charge in [-0.05, 0) is 31.5 Å². The second-order valence-corrected chi connectivity index (χ2v) is 8.44. The van der Waals surface area contributed by atoms with Gasteiger partial charge in [-0.3, -0.25) is 9.69 Å². The Kier molecular flexibility index (Phi) is 7.10. The number of benzene rings is 1. The van der Waals surface area contributed by atoms with Crippen molar-refractivity contribution in [1.82, 2.24) is 9.21 Å². The van der Waals surface area contributed by atoms with Crippen LogP contribution in [-0.2, 0) is 19.6 Å². The minimum absolute atomic E-state index is 0.00699. The standard InChI is InChI=1S/C16H22Cl2N2O4S/c1-3-14(16(21)24-4-2)19-7-9-20(10-8-19)25(22,23)15-11-12(17)5-6-13(15)18/h5-6,11,14H,3-4,7-10H2,1-2H3. The molecule has 1 aliphatic rings. The zero-order chi connectivity index (χ0) is 18.6. The van der Waals surface area contributed by atoms with E-state index in [4.69, 9.17) is 27.9 Å². The van der Waals surface area contributed by atoms with Gasteiger partial charge in [0.1, 0.15) is 10.9 Å². The molecule has 0 spiro atoms. The van der Waals surface area contributed by atoms with Crippen LogP contribution < -0.4 is 0 Å². The largest absolute Gasteiger partial charge is 0.465 e. The van der Waals surface area contributed by atoms with Gasteiger partial charge in [-0.15, -0.1) is 0 Å². The van der Waals surface area contributed by atoms with E-state index in [-0.39, 0.29) is 35.0 Å². The first kappa shape index (κ1) is 20.5. The van der Waals surface area contributed by atoms with E-state index < -0.39 is 10.0 Å². The molecule has 1 atom stereocenters. The predicted molar refractivity (Wildman–Crippen MR) is 97.5 cm³/mol. The molecule has 6 nitrogen and oxygen atoms in total. The number of halogens is 2. The van der Waals surface area contributed by atoms with Crippen molar-refractivity contribution in [3.05, 3.63) is 28.2 Å². The summed E-state index contributed by atoms with van der Waals surface area (Å²) >= 11 is 12.0. The topological polar surface area (TPSA) is 66.9 Å². The Morgan fingerprint density at radius 3 is 2.40 bits per heavy atom. The van der Waals surface area contributed by atoms with Gasteiger partial charge in [-0.2, -0.15) is 4.31 Å². The van der Waals surface area contributed by atoms with Crippen LogP contribution in [0.4, 0.5) is 0 Å². The monoisotopic (exact) mass is 408 g/mol. The highest BCUT2D eigenvalue weighted by Gasteiger charge is 2.34. The van der Waals surface area contributed by atoms with E-state index in [1.807, 2.05) is 11.8 Å². The molecule has 1 aromatic carbocycles. The molecule has 25 heavy (non-hydrogen) atoms. The van der Waals surface area contributed by atoms with Crippen LogP contribution in [0.5, 0.6) is 0 Å². The minimum Gasteiger partial charge on any atom is -0.465 e. The third-order valence-corrected chi connectivity index (χ3v) is 6.79. The lowest BCUT2D eigenvalue weighted by atomic mass is 10.1. The highest BCUT2D eigenvalue weighted by atomic mass is 35.5. The summed E-state index contributed by atoms with van der Waals surface area (Å²) in [4.78, 5) is 14.0. The molecular weight excluding hydrogens is 387 g/mol. The van der Waals surface area contributed by atoms with Crippen molar-refractivity contribution >= 4 is 39.2 Å². The molecule has 1 heterocycles. The average molecular weight is 409 g/mol. The fraction of sp³-hybridized carbons (Fsp3) is 0.562. The molecule has 0 N–H and O–H groups in total. The summed E-state index contributed by atoms with van der Waals surface area (Å²) in [5.74, 6) is -0.265. The Balaban J connectivity index is 2.11. The van der Waals surface area contributed by atoms with Gasteiger partial charge in [0.15, 0.2) is 0 Å². The van der Waals surface area contributed by atoms with Crippen LogP contribution in [0.15, 0.2) is 23.1 Å². The van der Waals surface area contributed by atoms with Crippen LogP contribution in [-0.4, -0.2) is 62.4 Å². The van der Waals surface area contributed by atoms with Crippen molar-refractivity contribution in [2.24, 2.45) is 0 Å². The van der Waals surface area contributed by atoms with Gasteiger partial charge in [0.2, 0.25) is 10.0 Å². The number of hydrogen-bond acceptors (Lipinski definition) is 5. The van der Waals surface area contributed by atoms with E-state index in [9.17, 15) is 13.2 Å². The predicted octanol–water partition coefficient (Wildman–Crippen LogP) is 2.64. The number of carbonyl (C=O) groups excluding carboxylic acids is 1. The van der Waals surface area contributed by atoms with E-state index in [1.165, 1.54) is 16.4 Å². The lowest BCUT2D eigenvalue weighted by Gasteiger charge is -2.37. The van der Waals surface area contributed by atoms with Crippen molar-refractivity contribution in [2.45, 2.75) is 31.2 Å². The van der Waals surface area contributed by atoms with Crippen molar-refractivity contribution in [2.75, 3.05) is 32.8 Å². The van der Waals surface area contributed by atoms with Crippen LogP contribution >= 0.6 is 23.2 Å². The number of esters is 1. The number of hydrogen-bond donors (Lipinski definition) is 0. The number of carbonyl (C=O) groups is 1.